The third-order valence-electron chi connectivity index (χ3n) is 6.11. The molecule has 1 saturated carbocycles. The van der Waals surface area contributed by atoms with E-state index in [4.69, 9.17) is 11.6 Å². The molecule has 0 bridgehead atoms. The molecule has 2 amide bonds. The Morgan fingerprint density at radius 2 is 1.68 bits per heavy atom. The van der Waals surface area contributed by atoms with Crippen LogP contribution in [0.5, 0.6) is 0 Å². The topological polar surface area (TPSA) is 86.8 Å². The summed E-state index contributed by atoms with van der Waals surface area (Å²) in [6.45, 7) is 1.53. The summed E-state index contributed by atoms with van der Waals surface area (Å²) in [5.74, 6) is -0.692. The molecule has 7 nitrogen and oxygen atoms in total. The normalized spacial score (nSPS) is 15.0. The lowest BCUT2D eigenvalue weighted by Gasteiger charge is -2.33. The van der Waals surface area contributed by atoms with E-state index in [1.165, 1.54) is 4.90 Å². The van der Waals surface area contributed by atoms with Crippen molar-refractivity contribution in [1.29, 1.82) is 0 Å². The molecule has 34 heavy (non-hydrogen) atoms. The second-order valence-electron chi connectivity index (χ2n) is 8.63. The number of para-hydroxylation sites is 1. The Balaban J connectivity index is 1.91. The van der Waals surface area contributed by atoms with Gasteiger partial charge in [-0.1, -0.05) is 67.8 Å². The molecule has 0 aromatic heterocycles. The smallest absolute Gasteiger partial charge is 0.244 e. The summed E-state index contributed by atoms with van der Waals surface area (Å²) in [6, 6.07) is 15.0. The van der Waals surface area contributed by atoms with E-state index in [9.17, 15) is 18.0 Å². The Kier molecular flexibility index (Phi) is 8.97. The number of nitrogens with zero attached hydrogens (tertiary/aromatic N) is 2. The number of rotatable bonds is 10. The second kappa shape index (κ2) is 11.7. The fourth-order valence-electron chi connectivity index (χ4n) is 4.31. The highest BCUT2D eigenvalue weighted by Crippen LogP contribution is 2.23. The van der Waals surface area contributed by atoms with Crippen LogP contribution in [0.4, 0.5) is 5.69 Å². The Hall–Kier alpha value is -2.58. The lowest BCUT2D eigenvalue weighted by molar-refractivity contribution is -0.140. The fraction of sp³-hybridized carbons (Fsp3) is 0.440. The summed E-state index contributed by atoms with van der Waals surface area (Å²) in [6.07, 6.45) is 5.45. The van der Waals surface area contributed by atoms with E-state index in [1.807, 2.05) is 13.0 Å². The van der Waals surface area contributed by atoms with Gasteiger partial charge in [0.2, 0.25) is 21.8 Å². The molecule has 0 aliphatic heterocycles. The van der Waals surface area contributed by atoms with Crippen molar-refractivity contribution in [2.24, 2.45) is 0 Å². The molecule has 1 aliphatic rings. The number of amides is 2. The van der Waals surface area contributed by atoms with E-state index in [1.54, 1.807) is 48.5 Å². The van der Waals surface area contributed by atoms with E-state index in [0.717, 1.165) is 36.2 Å². The number of benzene rings is 2. The van der Waals surface area contributed by atoms with E-state index in [-0.39, 0.29) is 18.5 Å². The highest BCUT2D eigenvalue weighted by Gasteiger charge is 2.33. The number of sulfonamides is 1. The maximum absolute atomic E-state index is 13.6. The number of hydrogen-bond acceptors (Lipinski definition) is 4. The molecular formula is C25H32ClN3O4S. The van der Waals surface area contributed by atoms with Gasteiger partial charge in [0.25, 0.3) is 0 Å². The molecule has 0 unspecified atom stereocenters. The first-order valence-corrected chi connectivity index (χ1v) is 13.8. The number of anilines is 1. The number of carbonyl (C=O) groups is 2. The Morgan fingerprint density at radius 1 is 1.06 bits per heavy atom. The fourth-order valence-corrected chi connectivity index (χ4v) is 5.35. The monoisotopic (exact) mass is 505 g/mol. The third kappa shape index (κ3) is 6.73. The van der Waals surface area contributed by atoms with Gasteiger partial charge in [-0.25, -0.2) is 8.42 Å². The summed E-state index contributed by atoms with van der Waals surface area (Å²) in [7, 11) is -3.74. The highest BCUT2D eigenvalue weighted by molar-refractivity contribution is 7.92. The van der Waals surface area contributed by atoms with E-state index < -0.39 is 28.5 Å². The first kappa shape index (κ1) is 26.0. The Morgan fingerprint density at radius 3 is 2.26 bits per heavy atom. The minimum Gasteiger partial charge on any atom is -0.352 e. The predicted molar refractivity (Wildman–Crippen MR) is 135 cm³/mol. The molecule has 0 radical (unpaired) electrons. The summed E-state index contributed by atoms with van der Waals surface area (Å²) in [5, 5.41) is 3.56. The molecule has 1 fully saturated rings. The summed E-state index contributed by atoms with van der Waals surface area (Å²) in [5.41, 5.74) is 1.08. The van der Waals surface area contributed by atoms with Crippen LogP contribution in [-0.4, -0.2) is 50.0 Å². The molecule has 9 heteroatoms. The van der Waals surface area contributed by atoms with Crippen molar-refractivity contribution in [3.05, 3.63) is 65.2 Å². The molecule has 1 atom stereocenters. The number of halogens is 1. The molecule has 184 valence electrons. The molecule has 3 rings (SSSR count). The molecule has 0 saturated heterocycles. The zero-order valence-electron chi connectivity index (χ0n) is 19.6. The van der Waals surface area contributed by atoms with E-state index in [2.05, 4.69) is 5.32 Å². The number of nitrogens with one attached hydrogen (secondary N) is 1. The molecule has 0 spiro atoms. The van der Waals surface area contributed by atoms with Crippen LogP contribution >= 0.6 is 11.6 Å². The van der Waals surface area contributed by atoms with Gasteiger partial charge in [0.05, 0.1) is 11.9 Å². The van der Waals surface area contributed by atoms with Gasteiger partial charge >= 0.3 is 0 Å². The lowest BCUT2D eigenvalue weighted by atomic mass is 10.1. The average Bonchev–Trinajstić information content (AvgIpc) is 3.31. The van der Waals surface area contributed by atoms with Gasteiger partial charge in [0.1, 0.15) is 12.6 Å². The minimum absolute atomic E-state index is 0.0987. The van der Waals surface area contributed by atoms with Gasteiger partial charge in [-0.15, -0.1) is 0 Å². The molecule has 2 aromatic rings. The van der Waals surface area contributed by atoms with Gasteiger partial charge in [-0.3, -0.25) is 13.9 Å². The summed E-state index contributed by atoms with van der Waals surface area (Å²) < 4.78 is 26.2. The maximum atomic E-state index is 13.6. The van der Waals surface area contributed by atoms with Crippen molar-refractivity contribution in [2.45, 2.75) is 57.7 Å². The van der Waals surface area contributed by atoms with Gasteiger partial charge < -0.3 is 10.2 Å². The lowest BCUT2D eigenvalue weighted by Crippen LogP contribution is -2.53. The van der Waals surface area contributed by atoms with Crippen LogP contribution in [0.15, 0.2) is 54.6 Å². The predicted octanol–water partition coefficient (Wildman–Crippen LogP) is 3.97. The Bertz CT molecular complexity index is 1090. The summed E-state index contributed by atoms with van der Waals surface area (Å²) in [4.78, 5) is 28.3. The summed E-state index contributed by atoms with van der Waals surface area (Å²) >= 11 is 6.37. The second-order valence-corrected chi connectivity index (χ2v) is 10.9. The largest absolute Gasteiger partial charge is 0.352 e. The SMILES string of the molecule is CC[C@@H](C(=O)NC1CCCC1)N(Cc1ccccc1Cl)C(=O)CN(c1ccccc1)S(C)(=O)=O. The van der Waals surface area contributed by atoms with Crippen LogP contribution in [0.1, 0.15) is 44.6 Å². The van der Waals surface area contributed by atoms with Gasteiger partial charge in [0.15, 0.2) is 0 Å². The van der Waals surface area contributed by atoms with Crippen molar-refractivity contribution in [3.8, 4) is 0 Å². The van der Waals surface area contributed by atoms with Gasteiger partial charge in [-0.05, 0) is 43.0 Å². The van der Waals surface area contributed by atoms with Crippen LogP contribution in [-0.2, 0) is 26.2 Å². The maximum Gasteiger partial charge on any atom is 0.244 e. The first-order chi connectivity index (χ1) is 16.2. The van der Waals surface area contributed by atoms with E-state index >= 15 is 0 Å². The van der Waals surface area contributed by atoms with E-state index in [0.29, 0.717) is 22.7 Å². The zero-order valence-corrected chi connectivity index (χ0v) is 21.2. The van der Waals surface area contributed by atoms with Crippen molar-refractivity contribution in [3.63, 3.8) is 0 Å². The molecule has 0 heterocycles. The van der Waals surface area contributed by atoms with Crippen LogP contribution in [0.3, 0.4) is 0 Å². The minimum atomic E-state index is -3.74. The van der Waals surface area contributed by atoms with Crippen molar-refractivity contribution in [2.75, 3.05) is 17.1 Å². The van der Waals surface area contributed by atoms with Crippen LogP contribution in [0, 0.1) is 0 Å². The number of hydrogen-bond donors (Lipinski definition) is 1. The molecule has 1 aliphatic carbocycles. The van der Waals surface area contributed by atoms with Crippen molar-refractivity contribution < 1.29 is 18.0 Å². The standard InChI is InChI=1S/C25H32ClN3O4S/c1-3-23(25(31)27-20-12-8-9-13-20)28(17-19-11-7-10-16-22(19)26)24(30)18-29(34(2,32)33)21-14-5-4-6-15-21/h4-7,10-11,14-16,20,23H,3,8-9,12-13,17-18H2,1-2H3,(H,27,31)/t23-/m0/s1. The highest BCUT2D eigenvalue weighted by atomic mass is 35.5. The zero-order chi connectivity index (χ0) is 24.7. The molecule has 1 N–H and O–H groups in total. The first-order valence-electron chi connectivity index (χ1n) is 11.6. The quantitative estimate of drug-likeness (QED) is 0.529. The van der Waals surface area contributed by atoms with Crippen LogP contribution in [0.2, 0.25) is 5.02 Å². The Labute approximate surface area is 207 Å². The van der Waals surface area contributed by atoms with Gasteiger partial charge in [0, 0.05) is 17.6 Å². The van der Waals surface area contributed by atoms with Crippen LogP contribution in [0.25, 0.3) is 0 Å². The van der Waals surface area contributed by atoms with Crippen molar-refractivity contribution >= 4 is 39.1 Å². The van der Waals surface area contributed by atoms with Crippen LogP contribution < -0.4 is 9.62 Å². The third-order valence-corrected chi connectivity index (χ3v) is 7.62. The van der Waals surface area contributed by atoms with Gasteiger partial charge in [-0.2, -0.15) is 0 Å². The number of carbonyl (C=O) groups excluding carboxylic acids is 2. The van der Waals surface area contributed by atoms with Crippen molar-refractivity contribution in [1.82, 2.24) is 10.2 Å². The molecular weight excluding hydrogens is 474 g/mol. The molecule has 2 aromatic carbocycles. The average molecular weight is 506 g/mol.